The molecule has 0 spiro atoms. The van der Waals surface area contributed by atoms with E-state index in [9.17, 15) is 9.59 Å². The second kappa shape index (κ2) is 12.9. The molecule has 0 saturated carbocycles. The van der Waals surface area contributed by atoms with E-state index in [2.05, 4.69) is 10.6 Å². The van der Waals surface area contributed by atoms with Crippen molar-refractivity contribution < 1.29 is 14.3 Å². The Labute approximate surface area is 178 Å². The quantitative estimate of drug-likeness (QED) is 0.624. The summed E-state index contributed by atoms with van der Waals surface area (Å²) in [5.41, 5.74) is 0.637. The number of piperidine rings is 1. The summed E-state index contributed by atoms with van der Waals surface area (Å²) in [6.45, 7) is 7.18. The number of rotatable bonds is 9. The summed E-state index contributed by atoms with van der Waals surface area (Å²) >= 11 is 6.23. The van der Waals surface area contributed by atoms with E-state index in [0.717, 1.165) is 32.4 Å². The standard InChI is InChI=1S/C20H30ClN3O3.ClH/c1-3-24(4-2)20(26)14-27-18-7-6-16(13-17(18)21)23-19(25)8-5-15-9-11-22-12-10-15;/h6-7,13,15,22H,3-5,8-12,14H2,1-2H3,(H,23,25);1H. The van der Waals surface area contributed by atoms with Gasteiger partial charge in [0, 0.05) is 25.2 Å². The van der Waals surface area contributed by atoms with Crippen molar-refractivity contribution in [3.63, 3.8) is 0 Å². The fourth-order valence-corrected chi connectivity index (χ4v) is 3.47. The van der Waals surface area contributed by atoms with Crippen LogP contribution in [-0.2, 0) is 9.59 Å². The maximum Gasteiger partial charge on any atom is 0.260 e. The van der Waals surface area contributed by atoms with E-state index in [1.165, 1.54) is 0 Å². The summed E-state index contributed by atoms with van der Waals surface area (Å²) in [4.78, 5) is 25.9. The van der Waals surface area contributed by atoms with Crippen LogP contribution in [0.4, 0.5) is 5.69 Å². The van der Waals surface area contributed by atoms with Gasteiger partial charge in [-0.25, -0.2) is 0 Å². The Morgan fingerprint density at radius 3 is 2.54 bits per heavy atom. The van der Waals surface area contributed by atoms with Gasteiger partial charge in [0.15, 0.2) is 6.61 Å². The summed E-state index contributed by atoms with van der Waals surface area (Å²) in [6, 6.07) is 5.08. The third kappa shape index (κ3) is 7.86. The molecule has 1 aliphatic rings. The number of nitrogens with zero attached hydrogens (tertiary/aromatic N) is 1. The van der Waals surface area contributed by atoms with Gasteiger partial charge in [-0.1, -0.05) is 11.6 Å². The molecule has 0 aromatic heterocycles. The van der Waals surface area contributed by atoms with E-state index in [4.69, 9.17) is 16.3 Å². The molecule has 6 nitrogen and oxygen atoms in total. The molecule has 158 valence electrons. The molecule has 8 heteroatoms. The molecule has 0 aliphatic carbocycles. The molecule has 0 atom stereocenters. The SMILES string of the molecule is CCN(CC)C(=O)COc1ccc(NC(=O)CCC2CCNCC2)cc1Cl.Cl. The van der Waals surface area contributed by atoms with E-state index in [1.54, 1.807) is 23.1 Å². The van der Waals surface area contributed by atoms with Crippen molar-refractivity contribution in [3.05, 3.63) is 23.2 Å². The number of carbonyl (C=O) groups is 2. The van der Waals surface area contributed by atoms with Crippen LogP contribution in [0.2, 0.25) is 5.02 Å². The molecule has 2 rings (SSSR count). The third-order valence-electron chi connectivity index (χ3n) is 4.92. The Kier molecular flexibility index (Phi) is 11.3. The summed E-state index contributed by atoms with van der Waals surface area (Å²) in [7, 11) is 0. The highest BCUT2D eigenvalue weighted by Gasteiger charge is 2.15. The van der Waals surface area contributed by atoms with Crippen LogP contribution >= 0.6 is 24.0 Å². The lowest BCUT2D eigenvalue weighted by Crippen LogP contribution is -2.34. The van der Waals surface area contributed by atoms with Crippen molar-refractivity contribution in [1.29, 1.82) is 0 Å². The van der Waals surface area contributed by atoms with Crippen LogP contribution in [0.5, 0.6) is 5.75 Å². The topological polar surface area (TPSA) is 70.7 Å². The highest BCUT2D eigenvalue weighted by molar-refractivity contribution is 6.32. The minimum atomic E-state index is -0.0774. The molecule has 2 N–H and O–H groups in total. The number of amides is 2. The van der Waals surface area contributed by atoms with E-state index < -0.39 is 0 Å². The Morgan fingerprint density at radius 1 is 1.25 bits per heavy atom. The Hall–Kier alpha value is -1.50. The second-order valence-corrected chi connectivity index (χ2v) is 7.19. The van der Waals surface area contributed by atoms with Gasteiger partial charge in [0.1, 0.15) is 5.75 Å². The van der Waals surface area contributed by atoms with Crippen LogP contribution < -0.4 is 15.4 Å². The van der Waals surface area contributed by atoms with Crippen LogP contribution in [-0.4, -0.2) is 49.5 Å². The van der Waals surface area contributed by atoms with Gasteiger partial charge < -0.3 is 20.3 Å². The minimum absolute atomic E-state index is 0. The third-order valence-corrected chi connectivity index (χ3v) is 5.22. The smallest absolute Gasteiger partial charge is 0.260 e. The van der Waals surface area contributed by atoms with Crippen molar-refractivity contribution in [2.45, 2.75) is 39.5 Å². The zero-order chi connectivity index (χ0) is 19.6. The van der Waals surface area contributed by atoms with Gasteiger partial charge in [-0.2, -0.15) is 0 Å². The van der Waals surface area contributed by atoms with Crippen molar-refractivity contribution in [2.75, 3.05) is 38.1 Å². The lowest BCUT2D eigenvalue weighted by molar-refractivity contribution is -0.133. The zero-order valence-electron chi connectivity index (χ0n) is 16.6. The number of nitrogens with one attached hydrogen (secondary N) is 2. The number of likely N-dealkylation sites (N-methyl/N-ethyl adjacent to an activating group) is 1. The lowest BCUT2D eigenvalue weighted by atomic mass is 9.93. The molecule has 1 heterocycles. The lowest BCUT2D eigenvalue weighted by Gasteiger charge is -2.22. The summed E-state index contributed by atoms with van der Waals surface area (Å²) < 4.78 is 5.53. The van der Waals surface area contributed by atoms with Crippen LogP contribution in [0.15, 0.2) is 18.2 Å². The molecule has 1 aromatic carbocycles. The van der Waals surface area contributed by atoms with Crippen molar-refractivity contribution in [3.8, 4) is 5.75 Å². The van der Waals surface area contributed by atoms with Gasteiger partial charge in [0.25, 0.3) is 5.91 Å². The van der Waals surface area contributed by atoms with Gasteiger partial charge in [-0.05, 0) is 70.3 Å². The first-order valence-corrected chi connectivity index (χ1v) is 10.1. The maximum absolute atomic E-state index is 12.2. The van der Waals surface area contributed by atoms with Crippen molar-refractivity contribution in [1.82, 2.24) is 10.2 Å². The largest absolute Gasteiger partial charge is 0.482 e. The van der Waals surface area contributed by atoms with Gasteiger partial charge in [0.2, 0.25) is 5.91 Å². The van der Waals surface area contributed by atoms with Crippen LogP contribution in [0, 0.1) is 5.92 Å². The summed E-state index contributed by atoms with van der Waals surface area (Å²) in [5.74, 6) is 0.978. The number of hydrogen-bond acceptors (Lipinski definition) is 4. The summed E-state index contributed by atoms with van der Waals surface area (Å²) in [5, 5.41) is 6.59. The molecule has 2 amide bonds. The van der Waals surface area contributed by atoms with Gasteiger partial charge in [0.05, 0.1) is 5.02 Å². The molecular formula is C20H31Cl2N3O3. The Balaban J connectivity index is 0.00000392. The molecule has 0 unspecified atom stereocenters. The first kappa shape index (κ1) is 24.5. The first-order chi connectivity index (χ1) is 13.0. The van der Waals surface area contributed by atoms with Gasteiger partial charge >= 0.3 is 0 Å². The van der Waals surface area contributed by atoms with E-state index >= 15 is 0 Å². The van der Waals surface area contributed by atoms with Crippen LogP contribution in [0.3, 0.4) is 0 Å². The molecule has 0 bridgehead atoms. The summed E-state index contributed by atoms with van der Waals surface area (Å²) in [6.07, 6.45) is 3.70. The molecule has 1 aliphatic heterocycles. The molecule has 1 saturated heterocycles. The van der Waals surface area contributed by atoms with E-state index in [-0.39, 0.29) is 30.8 Å². The predicted octanol–water partition coefficient (Wildman–Crippen LogP) is 3.73. The fraction of sp³-hybridized carbons (Fsp3) is 0.600. The second-order valence-electron chi connectivity index (χ2n) is 6.78. The monoisotopic (exact) mass is 431 g/mol. The number of anilines is 1. The van der Waals surface area contributed by atoms with Gasteiger partial charge in [-0.15, -0.1) is 12.4 Å². The molecule has 1 aromatic rings. The van der Waals surface area contributed by atoms with Gasteiger partial charge in [-0.3, -0.25) is 9.59 Å². The first-order valence-electron chi connectivity index (χ1n) is 9.74. The fourth-order valence-electron chi connectivity index (χ4n) is 3.23. The zero-order valence-corrected chi connectivity index (χ0v) is 18.2. The predicted molar refractivity (Wildman–Crippen MR) is 116 cm³/mol. The Bertz CT molecular complexity index is 633. The maximum atomic E-state index is 12.2. The Morgan fingerprint density at radius 2 is 1.93 bits per heavy atom. The highest BCUT2D eigenvalue weighted by Crippen LogP contribution is 2.28. The van der Waals surface area contributed by atoms with Crippen LogP contribution in [0.25, 0.3) is 0 Å². The number of ether oxygens (including phenoxy) is 1. The number of benzene rings is 1. The number of halogens is 2. The molecule has 1 fully saturated rings. The normalized spacial score (nSPS) is 14.1. The minimum Gasteiger partial charge on any atom is -0.482 e. The van der Waals surface area contributed by atoms with E-state index in [0.29, 0.717) is 41.9 Å². The van der Waals surface area contributed by atoms with E-state index in [1.807, 2.05) is 13.8 Å². The number of hydrogen-bond donors (Lipinski definition) is 2. The molecule has 28 heavy (non-hydrogen) atoms. The average Bonchev–Trinajstić information content (AvgIpc) is 2.67. The molecule has 0 radical (unpaired) electrons. The molecular weight excluding hydrogens is 401 g/mol. The average molecular weight is 432 g/mol. The van der Waals surface area contributed by atoms with Crippen LogP contribution in [0.1, 0.15) is 39.5 Å². The highest BCUT2D eigenvalue weighted by atomic mass is 35.5. The number of carbonyl (C=O) groups excluding carboxylic acids is 2. The van der Waals surface area contributed by atoms with Crippen molar-refractivity contribution >= 4 is 41.5 Å². The van der Waals surface area contributed by atoms with Crippen molar-refractivity contribution in [2.24, 2.45) is 5.92 Å².